The minimum Gasteiger partial charge on any atom is -0.507 e. The van der Waals surface area contributed by atoms with Crippen LogP contribution in [0, 0.1) is 0 Å². The first-order chi connectivity index (χ1) is 8.98. The van der Waals surface area contributed by atoms with E-state index >= 15 is 0 Å². The van der Waals surface area contributed by atoms with Crippen LogP contribution in [-0.4, -0.2) is 18.2 Å². The summed E-state index contributed by atoms with van der Waals surface area (Å²) in [5.41, 5.74) is -5.23. The normalized spacial score (nSPS) is 12.3. The number of aromatic hydroxyl groups is 1. The van der Waals surface area contributed by atoms with Crippen LogP contribution in [0.25, 0.3) is 0 Å². The van der Waals surface area contributed by atoms with Gasteiger partial charge in [0, 0.05) is 0 Å². The highest BCUT2D eigenvalue weighted by molar-refractivity contribution is 5.73. The van der Waals surface area contributed by atoms with E-state index in [-0.39, 0.29) is 0 Å². The molecule has 0 aliphatic carbocycles. The Bertz CT molecular complexity index is 518. The molecule has 0 radical (unpaired) electrons. The van der Waals surface area contributed by atoms with Gasteiger partial charge in [0.25, 0.3) is 0 Å². The predicted molar refractivity (Wildman–Crippen MR) is 53.8 cm³/mol. The molecule has 0 fully saturated rings. The van der Waals surface area contributed by atoms with Crippen LogP contribution in [0.15, 0.2) is 12.1 Å². The number of alkyl halides is 6. The monoisotopic (exact) mass is 302 g/mol. The Labute approximate surface area is 108 Å². The van der Waals surface area contributed by atoms with Gasteiger partial charge in [0.15, 0.2) is 0 Å². The second kappa shape index (κ2) is 5.22. The van der Waals surface area contributed by atoms with Crippen LogP contribution in [0.5, 0.6) is 5.75 Å². The maximum Gasteiger partial charge on any atom is 0.420 e. The van der Waals surface area contributed by atoms with E-state index in [0.29, 0.717) is 12.1 Å². The van der Waals surface area contributed by atoms with Crippen LogP contribution in [0.3, 0.4) is 0 Å². The van der Waals surface area contributed by atoms with E-state index in [0.717, 1.165) is 7.11 Å². The van der Waals surface area contributed by atoms with Gasteiger partial charge in [0.1, 0.15) is 11.3 Å². The van der Waals surface area contributed by atoms with Gasteiger partial charge in [-0.25, -0.2) is 0 Å². The lowest BCUT2D eigenvalue weighted by atomic mass is 9.96. The van der Waals surface area contributed by atoms with E-state index in [2.05, 4.69) is 4.74 Å². The summed E-state index contributed by atoms with van der Waals surface area (Å²) < 4.78 is 80.5. The zero-order valence-corrected chi connectivity index (χ0v) is 9.89. The van der Waals surface area contributed by atoms with Crippen LogP contribution in [0.1, 0.15) is 16.7 Å². The number of hydrogen-bond acceptors (Lipinski definition) is 3. The van der Waals surface area contributed by atoms with Gasteiger partial charge in [-0.3, -0.25) is 4.79 Å². The molecular weight excluding hydrogens is 294 g/mol. The smallest absolute Gasteiger partial charge is 0.420 e. The molecule has 1 aromatic carbocycles. The average Bonchev–Trinajstić information content (AvgIpc) is 2.27. The van der Waals surface area contributed by atoms with E-state index in [9.17, 15) is 31.1 Å². The minimum absolute atomic E-state index is 0.455. The Morgan fingerprint density at radius 2 is 1.60 bits per heavy atom. The number of hydrogen-bond donors (Lipinski definition) is 1. The summed E-state index contributed by atoms with van der Waals surface area (Å²) >= 11 is 0. The number of phenolic OH excluding ortho intramolecular Hbond substituents is 1. The molecule has 0 heterocycles. The summed E-state index contributed by atoms with van der Waals surface area (Å²) in [6.45, 7) is 0. The zero-order chi connectivity index (χ0) is 15.7. The van der Waals surface area contributed by atoms with Gasteiger partial charge in [0.2, 0.25) is 0 Å². The SMILES string of the molecule is COC(=O)Cc1ccc(O)c(C(F)(F)F)c1C(F)(F)F. The van der Waals surface area contributed by atoms with Gasteiger partial charge in [0.05, 0.1) is 19.1 Å². The maximum absolute atomic E-state index is 12.8. The largest absolute Gasteiger partial charge is 0.507 e. The molecule has 1 aromatic rings. The summed E-state index contributed by atoms with van der Waals surface area (Å²) in [5, 5.41) is 9.07. The van der Waals surface area contributed by atoms with Crippen molar-refractivity contribution in [1.29, 1.82) is 0 Å². The number of methoxy groups -OCH3 is 1. The third-order valence-electron chi connectivity index (χ3n) is 2.40. The number of rotatable bonds is 2. The summed E-state index contributed by atoms with van der Waals surface area (Å²) in [5.74, 6) is -2.69. The van der Waals surface area contributed by atoms with E-state index in [1.165, 1.54) is 0 Å². The first kappa shape index (κ1) is 16.1. The number of ether oxygens (including phenoxy) is 1. The van der Waals surface area contributed by atoms with Crippen LogP contribution < -0.4 is 0 Å². The van der Waals surface area contributed by atoms with Crippen LogP contribution in [-0.2, 0) is 28.3 Å². The van der Waals surface area contributed by atoms with Gasteiger partial charge in [-0.2, -0.15) is 26.3 Å². The van der Waals surface area contributed by atoms with Crippen molar-refractivity contribution >= 4 is 5.97 Å². The zero-order valence-electron chi connectivity index (χ0n) is 9.89. The summed E-state index contributed by atoms with van der Waals surface area (Å²) in [4.78, 5) is 11.0. The first-order valence-electron chi connectivity index (χ1n) is 5.04. The Balaban J connectivity index is 3.59. The number of carbonyl (C=O) groups excluding carboxylic acids is 1. The molecule has 0 bridgehead atoms. The van der Waals surface area contributed by atoms with Crippen molar-refractivity contribution in [1.82, 2.24) is 0 Å². The summed E-state index contributed by atoms with van der Waals surface area (Å²) in [6.07, 6.45) is -11.8. The second-order valence-electron chi connectivity index (χ2n) is 3.74. The Kier molecular flexibility index (Phi) is 4.21. The van der Waals surface area contributed by atoms with E-state index < -0.39 is 47.2 Å². The molecule has 9 heteroatoms. The number of carbonyl (C=O) groups is 1. The van der Waals surface area contributed by atoms with Crippen LogP contribution in [0.4, 0.5) is 26.3 Å². The van der Waals surface area contributed by atoms with Gasteiger partial charge < -0.3 is 9.84 Å². The van der Waals surface area contributed by atoms with E-state index in [1.54, 1.807) is 0 Å². The topological polar surface area (TPSA) is 46.5 Å². The Morgan fingerprint density at radius 3 is 2.00 bits per heavy atom. The minimum atomic E-state index is -5.42. The first-order valence-corrected chi connectivity index (χ1v) is 5.04. The molecule has 0 aromatic heterocycles. The van der Waals surface area contributed by atoms with Crippen molar-refractivity contribution in [2.75, 3.05) is 7.11 Å². The summed E-state index contributed by atoms with van der Waals surface area (Å²) in [7, 11) is 0.890. The molecule has 0 aliphatic heterocycles. The quantitative estimate of drug-likeness (QED) is 0.674. The van der Waals surface area contributed by atoms with E-state index in [4.69, 9.17) is 5.11 Å². The standard InChI is InChI=1S/C11H8F6O3/c1-20-7(19)4-5-2-3-6(18)9(11(15,16)17)8(5)10(12,13)14/h2-3,18H,4H2,1H3. The summed E-state index contributed by atoms with van der Waals surface area (Å²) in [6, 6.07) is 1.06. The van der Waals surface area contributed by atoms with Crippen molar-refractivity contribution in [3.8, 4) is 5.75 Å². The van der Waals surface area contributed by atoms with E-state index in [1.807, 2.05) is 0 Å². The molecule has 112 valence electrons. The Hall–Kier alpha value is -1.93. The average molecular weight is 302 g/mol. The molecule has 0 aliphatic rings. The van der Waals surface area contributed by atoms with Crippen molar-refractivity contribution < 1.29 is 41.0 Å². The fraction of sp³-hybridized carbons (Fsp3) is 0.364. The highest BCUT2D eigenvalue weighted by Crippen LogP contribution is 2.46. The van der Waals surface area contributed by atoms with Crippen molar-refractivity contribution in [2.45, 2.75) is 18.8 Å². The number of halogens is 6. The predicted octanol–water partition coefficient (Wildman–Crippen LogP) is 3.15. The molecule has 1 rings (SSSR count). The van der Waals surface area contributed by atoms with Gasteiger partial charge in [-0.1, -0.05) is 6.07 Å². The number of phenols is 1. The maximum atomic E-state index is 12.8. The number of benzene rings is 1. The Morgan fingerprint density at radius 1 is 1.10 bits per heavy atom. The van der Waals surface area contributed by atoms with Crippen molar-refractivity contribution in [3.05, 3.63) is 28.8 Å². The van der Waals surface area contributed by atoms with Gasteiger partial charge in [-0.15, -0.1) is 0 Å². The molecule has 20 heavy (non-hydrogen) atoms. The molecule has 3 nitrogen and oxygen atoms in total. The second-order valence-corrected chi connectivity index (χ2v) is 3.74. The third-order valence-corrected chi connectivity index (χ3v) is 2.40. The molecule has 0 spiro atoms. The lowest BCUT2D eigenvalue weighted by molar-refractivity contribution is -0.163. The van der Waals surface area contributed by atoms with Gasteiger partial charge in [-0.05, 0) is 11.6 Å². The van der Waals surface area contributed by atoms with Crippen molar-refractivity contribution in [3.63, 3.8) is 0 Å². The molecular formula is C11H8F6O3. The number of esters is 1. The van der Waals surface area contributed by atoms with Crippen LogP contribution in [0.2, 0.25) is 0 Å². The molecule has 0 unspecified atom stereocenters. The molecule has 0 saturated heterocycles. The van der Waals surface area contributed by atoms with Gasteiger partial charge >= 0.3 is 18.3 Å². The highest BCUT2D eigenvalue weighted by atomic mass is 19.4. The third kappa shape index (κ3) is 3.34. The lowest BCUT2D eigenvalue weighted by Crippen LogP contribution is -2.20. The molecule has 0 atom stereocenters. The van der Waals surface area contributed by atoms with Crippen LogP contribution >= 0.6 is 0 Å². The molecule has 0 amide bonds. The van der Waals surface area contributed by atoms with Crippen molar-refractivity contribution in [2.24, 2.45) is 0 Å². The lowest BCUT2D eigenvalue weighted by Gasteiger charge is -2.19. The highest BCUT2D eigenvalue weighted by Gasteiger charge is 2.47. The molecule has 0 saturated carbocycles. The fourth-order valence-electron chi connectivity index (χ4n) is 1.62. The molecule has 1 N–H and O–H groups in total. The fourth-order valence-corrected chi connectivity index (χ4v) is 1.62.